The molecule has 18 heavy (non-hydrogen) atoms. The van der Waals surface area contributed by atoms with Crippen molar-refractivity contribution in [3.8, 4) is 6.07 Å². The molecular formula is C13H21N5. The zero-order chi connectivity index (χ0) is 13.1. The van der Waals surface area contributed by atoms with Gasteiger partial charge in [-0.25, -0.2) is 0 Å². The van der Waals surface area contributed by atoms with Crippen molar-refractivity contribution in [2.24, 2.45) is 0 Å². The predicted molar refractivity (Wildman–Crippen MR) is 71.0 cm³/mol. The zero-order valence-electron chi connectivity index (χ0n) is 11.2. The lowest BCUT2D eigenvalue weighted by atomic mass is 9.99. The number of nitrogens with zero attached hydrogens (tertiary/aromatic N) is 3. The van der Waals surface area contributed by atoms with Gasteiger partial charge in [-0.3, -0.25) is 10.3 Å². The maximum Gasteiger partial charge on any atom is 0.121 e. The van der Waals surface area contributed by atoms with E-state index in [2.05, 4.69) is 16.3 Å². The monoisotopic (exact) mass is 247 g/mol. The molecule has 5 nitrogen and oxygen atoms in total. The quantitative estimate of drug-likeness (QED) is 0.767. The third-order valence-corrected chi connectivity index (χ3v) is 3.88. The van der Waals surface area contributed by atoms with Crippen LogP contribution in [0.5, 0.6) is 0 Å². The van der Waals surface area contributed by atoms with E-state index in [9.17, 15) is 5.26 Å². The second-order valence-corrected chi connectivity index (χ2v) is 4.96. The van der Waals surface area contributed by atoms with Crippen molar-refractivity contribution in [1.82, 2.24) is 15.1 Å². The molecule has 2 rings (SSSR count). The third-order valence-electron chi connectivity index (χ3n) is 3.88. The van der Waals surface area contributed by atoms with E-state index >= 15 is 0 Å². The van der Waals surface area contributed by atoms with E-state index in [1.54, 1.807) is 0 Å². The Morgan fingerprint density at radius 3 is 2.56 bits per heavy atom. The molecule has 2 aliphatic heterocycles. The highest BCUT2D eigenvalue weighted by atomic mass is 15.4. The number of piperidine rings is 1. The summed E-state index contributed by atoms with van der Waals surface area (Å²) in [5.74, 6) is 0.578. The minimum atomic E-state index is -0.0565. The van der Waals surface area contributed by atoms with Crippen LogP contribution in [0.2, 0.25) is 0 Å². The first-order chi connectivity index (χ1) is 8.69. The summed E-state index contributed by atoms with van der Waals surface area (Å²) in [6.07, 6.45) is 4.12. The molecule has 0 amide bonds. The highest BCUT2D eigenvalue weighted by Gasteiger charge is 2.34. The Balaban J connectivity index is 2.33. The van der Waals surface area contributed by atoms with Crippen LogP contribution in [0.4, 0.5) is 0 Å². The topological polar surface area (TPSA) is 66.2 Å². The Morgan fingerprint density at radius 1 is 1.33 bits per heavy atom. The maximum atomic E-state index is 9.43. The van der Waals surface area contributed by atoms with Crippen LogP contribution in [-0.4, -0.2) is 49.0 Å². The molecule has 0 saturated carbocycles. The predicted octanol–water partition coefficient (Wildman–Crippen LogP) is 1.11. The Morgan fingerprint density at radius 2 is 2.00 bits per heavy atom. The fourth-order valence-electron chi connectivity index (χ4n) is 2.82. The van der Waals surface area contributed by atoms with Crippen LogP contribution >= 0.6 is 0 Å². The van der Waals surface area contributed by atoms with Gasteiger partial charge in [0, 0.05) is 39.3 Å². The number of rotatable bonds is 2. The lowest BCUT2D eigenvalue weighted by molar-refractivity contribution is 0.108. The molecule has 2 heterocycles. The van der Waals surface area contributed by atoms with Gasteiger partial charge >= 0.3 is 0 Å². The van der Waals surface area contributed by atoms with Gasteiger partial charge in [0.15, 0.2) is 0 Å². The molecule has 1 atom stereocenters. The summed E-state index contributed by atoms with van der Waals surface area (Å²) >= 11 is 0. The first kappa shape index (κ1) is 12.9. The Labute approximate surface area is 109 Å². The van der Waals surface area contributed by atoms with Gasteiger partial charge in [0.2, 0.25) is 0 Å². The molecule has 0 aromatic carbocycles. The average Bonchev–Trinajstić information content (AvgIpc) is 2.42. The summed E-state index contributed by atoms with van der Waals surface area (Å²) in [5, 5.41) is 20.6. The third kappa shape index (κ3) is 2.21. The average molecular weight is 247 g/mol. The summed E-state index contributed by atoms with van der Waals surface area (Å²) in [5.41, 5.74) is 1.68. The normalized spacial score (nSPS) is 26.2. The smallest absolute Gasteiger partial charge is 0.121 e. The first-order valence-electron chi connectivity index (χ1n) is 6.54. The molecular weight excluding hydrogens is 226 g/mol. The molecule has 0 aromatic rings. The van der Waals surface area contributed by atoms with Gasteiger partial charge in [-0.05, 0) is 12.8 Å². The Bertz CT molecular complexity index is 400. The Hall–Kier alpha value is -1.54. The minimum absolute atomic E-state index is 0.0565. The molecule has 0 bridgehead atoms. The van der Waals surface area contributed by atoms with Gasteiger partial charge in [-0.1, -0.05) is 6.42 Å². The summed E-state index contributed by atoms with van der Waals surface area (Å²) in [6.45, 7) is 2.04. The zero-order valence-corrected chi connectivity index (χ0v) is 11.2. The number of hydrogen-bond donors (Lipinski definition) is 2. The second kappa shape index (κ2) is 5.40. The SMILES string of the molecule is CNC1=C(C#N)C(N2CCCCC2)N(C)C(=N)C1. The van der Waals surface area contributed by atoms with E-state index in [0.29, 0.717) is 12.3 Å². The van der Waals surface area contributed by atoms with Crippen LogP contribution in [0.15, 0.2) is 11.3 Å². The molecule has 5 heteroatoms. The Kier molecular flexibility index (Phi) is 3.87. The van der Waals surface area contributed by atoms with Gasteiger partial charge in [-0.15, -0.1) is 0 Å². The van der Waals surface area contributed by atoms with Crippen molar-refractivity contribution in [3.05, 3.63) is 11.3 Å². The lowest BCUT2D eigenvalue weighted by Gasteiger charge is -2.43. The molecule has 0 aromatic heterocycles. The van der Waals surface area contributed by atoms with E-state index in [4.69, 9.17) is 5.41 Å². The molecule has 0 aliphatic carbocycles. The van der Waals surface area contributed by atoms with Crippen LogP contribution in [0.25, 0.3) is 0 Å². The van der Waals surface area contributed by atoms with Crippen LogP contribution < -0.4 is 5.32 Å². The highest BCUT2D eigenvalue weighted by molar-refractivity contribution is 5.84. The fourth-order valence-corrected chi connectivity index (χ4v) is 2.82. The second-order valence-electron chi connectivity index (χ2n) is 4.96. The number of nitrogens with one attached hydrogen (secondary N) is 2. The van der Waals surface area contributed by atoms with Gasteiger partial charge in [0.05, 0.1) is 5.57 Å². The number of likely N-dealkylation sites (tertiary alicyclic amines) is 1. The molecule has 1 unspecified atom stereocenters. The van der Waals surface area contributed by atoms with E-state index in [0.717, 1.165) is 24.4 Å². The van der Waals surface area contributed by atoms with Crippen molar-refractivity contribution in [1.29, 1.82) is 10.7 Å². The number of amidine groups is 1. The molecule has 0 radical (unpaired) electrons. The summed E-state index contributed by atoms with van der Waals surface area (Å²) in [7, 11) is 3.75. The van der Waals surface area contributed by atoms with Crippen LogP contribution in [0, 0.1) is 16.7 Å². The molecule has 1 saturated heterocycles. The van der Waals surface area contributed by atoms with Crippen LogP contribution in [0.1, 0.15) is 25.7 Å². The van der Waals surface area contributed by atoms with Crippen LogP contribution in [0.3, 0.4) is 0 Å². The fraction of sp³-hybridized carbons (Fsp3) is 0.692. The highest BCUT2D eigenvalue weighted by Crippen LogP contribution is 2.26. The largest absolute Gasteiger partial charge is 0.390 e. The van der Waals surface area contributed by atoms with E-state index < -0.39 is 0 Å². The van der Waals surface area contributed by atoms with Gasteiger partial charge in [0.1, 0.15) is 18.1 Å². The number of hydrogen-bond acceptors (Lipinski definition) is 4. The molecule has 1 fully saturated rings. The molecule has 2 aliphatic rings. The van der Waals surface area contributed by atoms with E-state index in [1.165, 1.54) is 19.3 Å². The summed E-state index contributed by atoms with van der Waals surface area (Å²) in [4.78, 5) is 4.26. The molecule has 98 valence electrons. The standard InChI is InChI=1S/C13H21N5/c1-16-11-8-12(15)17(2)13(10(11)9-14)18-6-4-3-5-7-18/h13,15-16H,3-8H2,1-2H3. The van der Waals surface area contributed by atoms with Crippen molar-refractivity contribution in [2.75, 3.05) is 27.2 Å². The molecule has 0 spiro atoms. The lowest BCUT2D eigenvalue weighted by Crippen LogP contribution is -2.54. The van der Waals surface area contributed by atoms with Crippen molar-refractivity contribution in [2.45, 2.75) is 31.8 Å². The van der Waals surface area contributed by atoms with Crippen molar-refractivity contribution in [3.63, 3.8) is 0 Å². The molecule has 2 N–H and O–H groups in total. The van der Waals surface area contributed by atoms with Crippen molar-refractivity contribution >= 4 is 5.84 Å². The van der Waals surface area contributed by atoms with Crippen molar-refractivity contribution < 1.29 is 0 Å². The van der Waals surface area contributed by atoms with Gasteiger partial charge in [0.25, 0.3) is 0 Å². The first-order valence-corrected chi connectivity index (χ1v) is 6.54. The van der Waals surface area contributed by atoms with Gasteiger partial charge < -0.3 is 10.2 Å². The van der Waals surface area contributed by atoms with E-state index in [-0.39, 0.29) is 6.17 Å². The number of likely N-dealkylation sites (N-methyl/N-ethyl adjacent to an activating group) is 1. The van der Waals surface area contributed by atoms with E-state index in [1.807, 2.05) is 19.0 Å². The summed E-state index contributed by atoms with van der Waals surface area (Å²) < 4.78 is 0. The van der Waals surface area contributed by atoms with Crippen LogP contribution in [-0.2, 0) is 0 Å². The summed E-state index contributed by atoms with van der Waals surface area (Å²) in [6, 6.07) is 2.34. The maximum absolute atomic E-state index is 9.43. The minimum Gasteiger partial charge on any atom is -0.390 e. The van der Waals surface area contributed by atoms with Gasteiger partial charge in [-0.2, -0.15) is 5.26 Å². The number of nitriles is 1.